The van der Waals surface area contributed by atoms with Crippen LogP contribution in [-0.2, 0) is 16.0 Å². The second-order valence-corrected chi connectivity index (χ2v) is 6.75. The molecule has 1 aliphatic rings. The highest BCUT2D eigenvalue weighted by Gasteiger charge is 2.21. The second-order valence-electron chi connectivity index (χ2n) is 6.75. The van der Waals surface area contributed by atoms with Gasteiger partial charge < -0.3 is 14.6 Å². The first-order chi connectivity index (χ1) is 13.3. The number of carbonyl (C=O) groups is 1. The van der Waals surface area contributed by atoms with Crippen molar-refractivity contribution < 1.29 is 14.1 Å². The second kappa shape index (κ2) is 8.33. The third-order valence-corrected chi connectivity index (χ3v) is 4.86. The highest BCUT2D eigenvalue weighted by atomic mass is 16.5. The van der Waals surface area contributed by atoms with Crippen molar-refractivity contribution in [3.8, 4) is 0 Å². The quantitative estimate of drug-likeness (QED) is 0.727. The summed E-state index contributed by atoms with van der Waals surface area (Å²) >= 11 is 0. The lowest BCUT2D eigenvalue weighted by molar-refractivity contribution is -0.121. The van der Waals surface area contributed by atoms with Crippen molar-refractivity contribution in [3.05, 3.63) is 65.9 Å². The molecule has 4 rings (SSSR count). The largest absolute Gasteiger partial charge is 0.379 e. The summed E-state index contributed by atoms with van der Waals surface area (Å²) in [6.07, 6.45) is 0.198. The Bertz CT molecular complexity index is 888. The zero-order chi connectivity index (χ0) is 18.5. The van der Waals surface area contributed by atoms with Crippen LogP contribution in [0.4, 0.5) is 0 Å². The predicted molar refractivity (Wildman–Crippen MR) is 102 cm³/mol. The molecular formula is C21H23N3O3. The Morgan fingerprint density at radius 2 is 1.81 bits per heavy atom. The first-order valence-electron chi connectivity index (χ1n) is 9.27. The molecular weight excluding hydrogens is 342 g/mol. The molecule has 1 aromatic heterocycles. The van der Waals surface area contributed by atoms with Crippen LogP contribution in [0.15, 0.2) is 59.1 Å². The Hall–Kier alpha value is -2.70. The van der Waals surface area contributed by atoms with E-state index in [1.807, 2.05) is 42.5 Å². The summed E-state index contributed by atoms with van der Waals surface area (Å²) in [7, 11) is 0. The van der Waals surface area contributed by atoms with Crippen molar-refractivity contribution in [2.45, 2.75) is 12.5 Å². The van der Waals surface area contributed by atoms with Gasteiger partial charge in [-0.1, -0.05) is 47.6 Å². The number of carbonyl (C=O) groups excluding carboxylic acids is 1. The van der Waals surface area contributed by atoms with E-state index >= 15 is 0 Å². The van der Waals surface area contributed by atoms with Crippen LogP contribution in [-0.4, -0.2) is 48.8 Å². The average molecular weight is 365 g/mol. The number of nitrogens with one attached hydrogen (secondary N) is 1. The minimum absolute atomic E-state index is 0.0591. The minimum Gasteiger partial charge on any atom is -0.379 e. The molecule has 140 valence electrons. The molecule has 3 aromatic rings. The van der Waals surface area contributed by atoms with Gasteiger partial charge in [-0.15, -0.1) is 0 Å². The number of hydrogen-bond donors (Lipinski definition) is 1. The number of fused-ring (bicyclic) bond motifs is 1. The average Bonchev–Trinajstić information content (AvgIpc) is 3.12. The molecule has 2 heterocycles. The fourth-order valence-corrected chi connectivity index (χ4v) is 3.42. The lowest BCUT2D eigenvalue weighted by Gasteiger charge is -2.31. The van der Waals surface area contributed by atoms with E-state index in [9.17, 15) is 4.79 Å². The Balaban J connectivity index is 1.47. The topological polar surface area (TPSA) is 67.6 Å². The molecule has 0 aliphatic carbocycles. The molecule has 1 amide bonds. The summed E-state index contributed by atoms with van der Waals surface area (Å²) in [6, 6.07) is 17.6. The molecule has 2 aromatic carbocycles. The van der Waals surface area contributed by atoms with Crippen LogP contribution in [0, 0.1) is 0 Å². The normalized spacial score (nSPS) is 16.3. The van der Waals surface area contributed by atoms with Crippen LogP contribution in [0.25, 0.3) is 11.0 Å². The Kier molecular flexibility index (Phi) is 5.46. The van der Waals surface area contributed by atoms with Gasteiger partial charge in [0.2, 0.25) is 5.91 Å². The molecule has 1 unspecified atom stereocenters. The van der Waals surface area contributed by atoms with Crippen molar-refractivity contribution in [1.82, 2.24) is 15.4 Å². The lowest BCUT2D eigenvalue weighted by Crippen LogP contribution is -2.43. The summed E-state index contributed by atoms with van der Waals surface area (Å²) in [4.78, 5) is 15.1. The molecule has 0 bridgehead atoms. The van der Waals surface area contributed by atoms with Gasteiger partial charge in [0.05, 0.1) is 25.7 Å². The van der Waals surface area contributed by atoms with Gasteiger partial charge in [-0.25, -0.2) is 0 Å². The monoisotopic (exact) mass is 365 g/mol. The van der Waals surface area contributed by atoms with Crippen LogP contribution in [0.1, 0.15) is 17.3 Å². The highest BCUT2D eigenvalue weighted by Crippen LogP contribution is 2.19. The van der Waals surface area contributed by atoms with Crippen molar-refractivity contribution in [1.29, 1.82) is 0 Å². The number of benzene rings is 2. The molecule has 27 heavy (non-hydrogen) atoms. The lowest BCUT2D eigenvalue weighted by atomic mass is 10.1. The molecule has 1 fully saturated rings. The molecule has 1 N–H and O–H groups in total. The van der Waals surface area contributed by atoms with E-state index in [4.69, 9.17) is 9.26 Å². The summed E-state index contributed by atoms with van der Waals surface area (Å²) in [5, 5.41) is 8.13. The SMILES string of the molecule is O=C(Cc1noc2ccccc12)NC(CN1CCOCC1)c1ccccc1. The van der Waals surface area contributed by atoms with Crippen LogP contribution in [0.5, 0.6) is 0 Å². The number of aromatic nitrogens is 1. The predicted octanol–water partition coefficient (Wildman–Crippen LogP) is 2.56. The molecule has 1 saturated heterocycles. The van der Waals surface area contributed by atoms with Gasteiger partial charge in [0.1, 0.15) is 5.69 Å². The van der Waals surface area contributed by atoms with Crippen molar-refractivity contribution >= 4 is 16.9 Å². The van der Waals surface area contributed by atoms with Crippen LogP contribution < -0.4 is 5.32 Å². The van der Waals surface area contributed by atoms with Crippen molar-refractivity contribution in [3.63, 3.8) is 0 Å². The van der Waals surface area contributed by atoms with E-state index in [2.05, 4.69) is 27.5 Å². The maximum atomic E-state index is 12.7. The number of para-hydroxylation sites is 1. The van der Waals surface area contributed by atoms with Gasteiger partial charge in [-0.05, 0) is 17.7 Å². The minimum atomic E-state index is -0.0741. The Labute approximate surface area is 158 Å². The number of nitrogens with zero attached hydrogens (tertiary/aromatic N) is 2. The van der Waals surface area contributed by atoms with Gasteiger partial charge in [0.15, 0.2) is 5.58 Å². The summed E-state index contributed by atoms with van der Waals surface area (Å²) in [5.41, 5.74) is 2.47. The zero-order valence-corrected chi connectivity index (χ0v) is 15.1. The van der Waals surface area contributed by atoms with E-state index in [0.717, 1.165) is 43.8 Å². The standard InChI is InChI=1S/C21H23N3O3/c25-21(14-18-17-8-4-5-9-20(17)27-23-18)22-19(16-6-2-1-3-7-16)15-24-10-12-26-13-11-24/h1-9,19H,10-15H2,(H,22,25). The number of hydrogen-bond acceptors (Lipinski definition) is 5. The summed E-state index contributed by atoms with van der Waals surface area (Å²) < 4.78 is 10.7. The van der Waals surface area contributed by atoms with Crippen LogP contribution in [0.2, 0.25) is 0 Å². The third-order valence-electron chi connectivity index (χ3n) is 4.86. The molecule has 0 spiro atoms. The highest BCUT2D eigenvalue weighted by molar-refractivity contribution is 5.86. The number of ether oxygens (including phenoxy) is 1. The third kappa shape index (κ3) is 4.35. The van der Waals surface area contributed by atoms with Gasteiger partial charge in [-0.2, -0.15) is 0 Å². The number of morpholine rings is 1. The van der Waals surface area contributed by atoms with Crippen molar-refractivity contribution in [2.75, 3.05) is 32.8 Å². The Morgan fingerprint density at radius 3 is 2.63 bits per heavy atom. The van der Waals surface area contributed by atoms with Gasteiger partial charge in [0.25, 0.3) is 0 Å². The zero-order valence-electron chi connectivity index (χ0n) is 15.1. The number of amides is 1. The molecule has 6 heteroatoms. The fraction of sp³-hybridized carbons (Fsp3) is 0.333. The van der Waals surface area contributed by atoms with Crippen molar-refractivity contribution in [2.24, 2.45) is 0 Å². The van der Waals surface area contributed by atoms with E-state index in [1.54, 1.807) is 0 Å². The van der Waals surface area contributed by atoms with E-state index in [0.29, 0.717) is 11.3 Å². The molecule has 1 atom stereocenters. The van der Waals surface area contributed by atoms with Gasteiger partial charge >= 0.3 is 0 Å². The Morgan fingerprint density at radius 1 is 1.07 bits per heavy atom. The summed E-state index contributed by atoms with van der Waals surface area (Å²) in [6.45, 7) is 4.00. The van der Waals surface area contributed by atoms with E-state index in [-0.39, 0.29) is 18.4 Å². The van der Waals surface area contributed by atoms with Crippen LogP contribution in [0.3, 0.4) is 0 Å². The first-order valence-corrected chi connectivity index (χ1v) is 9.27. The van der Waals surface area contributed by atoms with Crippen LogP contribution >= 0.6 is 0 Å². The number of rotatable bonds is 6. The maximum absolute atomic E-state index is 12.7. The fourth-order valence-electron chi connectivity index (χ4n) is 3.42. The summed E-state index contributed by atoms with van der Waals surface area (Å²) in [5.74, 6) is -0.0591. The molecule has 6 nitrogen and oxygen atoms in total. The van der Waals surface area contributed by atoms with E-state index in [1.165, 1.54) is 0 Å². The molecule has 1 aliphatic heterocycles. The molecule has 0 radical (unpaired) electrons. The van der Waals surface area contributed by atoms with Gasteiger partial charge in [0, 0.05) is 25.0 Å². The molecule has 0 saturated carbocycles. The first kappa shape index (κ1) is 17.7. The smallest absolute Gasteiger partial charge is 0.226 e. The van der Waals surface area contributed by atoms with E-state index < -0.39 is 0 Å². The van der Waals surface area contributed by atoms with Gasteiger partial charge in [-0.3, -0.25) is 9.69 Å². The maximum Gasteiger partial charge on any atom is 0.226 e.